The molecular weight excluding hydrogens is 248 g/mol. The third kappa shape index (κ3) is 3.12. The van der Waals surface area contributed by atoms with E-state index in [-0.39, 0.29) is 0 Å². The summed E-state index contributed by atoms with van der Waals surface area (Å²) in [6, 6.07) is 0. The largest absolute Gasteiger partial charge is 0.392 e. The zero-order valence-electron chi connectivity index (χ0n) is 8.08. The van der Waals surface area contributed by atoms with Gasteiger partial charge in [-0.15, -0.1) is 0 Å². The van der Waals surface area contributed by atoms with Gasteiger partial charge in [0, 0.05) is 19.8 Å². The molecule has 1 atom stereocenters. The molecule has 0 radical (unpaired) electrons. The fraction of sp³-hybridized carbons (Fsp3) is 0.500. The first-order chi connectivity index (χ1) is 6.63. The highest BCUT2D eigenvalue weighted by Gasteiger charge is 2.03. The van der Waals surface area contributed by atoms with Crippen LogP contribution in [0.25, 0.3) is 0 Å². The van der Waals surface area contributed by atoms with Crippen molar-refractivity contribution in [1.29, 1.82) is 0 Å². The molecule has 1 aromatic rings. The van der Waals surface area contributed by atoms with Crippen LogP contribution >= 0.6 is 15.9 Å². The smallest absolute Gasteiger partial charge is 0.224 e. The minimum Gasteiger partial charge on any atom is -0.392 e. The number of aliphatic hydroxyl groups is 1. The van der Waals surface area contributed by atoms with Crippen molar-refractivity contribution in [1.82, 2.24) is 9.97 Å². The number of nitrogens with one attached hydrogen (secondary N) is 2. The summed E-state index contributed by atoms with van der Waals surface area (Å²) in [5, 5.41) is 14.9. The monoisotopic (exact) mass is 260 g/mol. The fourth-order valence-corrected chi connectivity index (χ4v) is 1.26. The van der Waals surface area contributed by atoms with Gasteiger partial charge in [0.2, 0.25) is 5.95 Å². The number of hydrogen-bond acceptors (Lipinski definition) is 5. The quantitative estimate of drug-likeness (QED) is 0.756. The van der Waals surface area contributed by atoms with E-state index < -0.39 is 6.10 Å². The van der Waals surface area contributed by atoms with Crippen LogP contribution in [-0.4, -0.2) is 34.8 Å². The highest BCUT2D eigenvalue weighted by Crippen LogP contribution is 2.18. The number of anilines is 2. The van der Waals surface area contributed by atoms with Crippen molar-refractivity contribution in [3.63, 3.8) is 0 Å². The third-order valence-electron chi connectivity index (χ3n) is 1.54. The first-order valence-corrected chi connectivity index (χ1v) is 5.05. The number of nitrogens with zero attached hydrogens (tertiary/aromatic N) is 2. The zero-order chi connectivity index (χ0) is 10.6. The summed E-state index contributed by atoms with van der Waals surface area (Å²) in [6.45, 7) is 2.13. The number of rotatable bonds is 4. The normalized spacial score (nSPS) is 12.3. The molecule has 5 nitrogen and oxygen atoms in total. The molecule has 1 rings (SSSR count). The molecule has 0 unspecified atom stereocenters. The van der Waals surface area contributed by atoms with E-state index in [1.165, 1.54) is 0 Å². The average molecular weight is 261 g/mol. The lowest BCUT2D eigenvalue weighted by Crippen LogP contribution is -2.17. The molecule has 6 heteroatoms. The van der Waals surface area contributed by atoms with Gasteiger partial charge in [0.05, 0.1) is 10.6 Å². The predicted molar refractivity (Wildman–Crippen MR) is 59.4 cm³/mol. The van der Waals surface area contributed by atoms with Crippen LogP contribution < -0.4 is 10.6 Å². The van der Waals surface area contributed by atoms with E-state index in [4.69, 9.17) is 5.11 Å². The van der Waals surface area contributed by atoms with Gasteiger partial charge in [-0.05, 0) is 22.9 Å². The Bertz CT molecular complexity index is 305. The Kier molecular flexibility index (Phi) is 4.09. The Morgan fingerprint density at radius 2 is 2.36 bits per heavy atom. The summed E-state index contributed by atoms with van der Waals surface area (Å²) in [7, 11) is 1.78. The van der Waals surface area contributed by atoms with Gasteiger partial charge in [0.15, 0.2) is 0 Å². The Morgan fingerprint density at radius 1 is 1.64 bits per heavy atom. The third-order valence-corrected chi connectivity index (χ3v) is 2.12. The van der Waals surface area contributed by atoms with E-state index in [1.807, 2.05) is 0 Å². The molecule has 1 heterocycles. The maximum absolute atomic E-state index is 9.05. The highest BCUT2D eigenvalue weighted by atomic mass is 79.9. The summed E-state index contributed by atoms with van der Waals surface area (Å²) in [6.07, 6.45) is 1.24. The van der Waals surface area contributed by atoms with Gasteiger partial charge >= 0.3 is 0 Å². The molecule has 0 aliphatic heterocycles. The van der Waals surface area contributed by atoms with Crippen LogP contribution in [0.2, 0.25) is 0 Å². The van der Waals surface area contributed by atoms with Crippen LogP contribution in [0.5, 0.6) is 0 Å². The summed E-state index contributed by atoms with van der Waals surface area (Å²) in [4.78, 5) is 8.21. The van der Waals surface area contributed by atoms with E-state index in [0.29, 0.717) is 18.3 Å². The SMILES string of the molecule is CNc1nc(NC[C@@H](C)O)ncc1Br. The molecule has 0 bridgehead atoms. The first-order valence-electron chi connectivity index (χ1n) is 4.25. The molecule has 3 N–H and O–H groups in total. The molecule has 0 spiro atoms. The number of aliphatic hydroxyl groups excluding tert-OH is 1. The lowest BCUT2D eigenvalue weighted by Gasteiger charge is -2.08. The Hall–Kier alpha value is -0.880. The second-order valence-corrected chi connectivity index (χ2v) is 3.72. The maximum atomic E-state index is 9.05. The summed E-state index contributed by atoms with van der Waals surface area (Å²) < 4.78 is 0.808. The van der Waals surface area contributed by atoms with Crippen LogP contribution in [0.1, 0.15) is 6.92 Å². The highest BCUT2D eigenvalue weighted by molar-refractivity contribution is 9.10. The Balaban J connectivity index is 2.69. The second kappa shape index (κ2) is 5.11. The van der Waals surface area contributed by atoms with Crippen LogP contribution in [0.3, 0.4) is 0 Å². The molecule has 14 heavy (non-hydrogen) atoms. The van der Waals surface area contributed by atoms with Gasteiger partial charge < -0.3 is 15.7 Å². The fourth-order valence-electron chi connectivity index (χ4n) is 0.867. The summed E-state index contributed by atoms with van der Waals surface area (Å²) in [5.41, 5.74) is 0. The lowest BCUT2D eigenvalue weighted by atomic mass is 10.4. The van der Waals surface area contributed by atoms with E-state index in [9.17, 15) is 0 Å². The van der Waals surface area contributed by atoms with Crippen molar-refractivity contribution >= 4 is 27.7 Å². The van der Waals surface area contributed by atoms with Crippen molar-refractivity contribution in [3.05, 3.63) is 10.7 Å². The van der Waals surface area contributed by atoms with Gasteiger partial charge in [-0.2, -0.15) is 4.98 Å². The molecule has 0 aromatic carbocycles. The first kappa shape index (κ1) is 11.2. The molecule has 0 saturated heterocycles. The average Bonchev–Trinajstić information content (AvgIpc) is 2.16. The van der Waals surface area contributed by atoms with Crippen LogP contribution in [0, 0.1) is 0 Å². The lowest BCUT2D eigenvalue weighted by molar-refractivity contribution is 0.208. The minimum atomic E-state index is -0.416. The standard InChI is InChI=1S/C8H13BrN4O/c1-5(14)3-11-8-12-4-6(9)7(10-2)13-8/h4-5,14H,3H2,1-2H3,(H2,10,11,12,13)/t5-/m1/s1. The van der Waals surface area contributed by atoms with E-state index in [1.54, 1.807) is 20.2 Å². The van der Waals surface area contributed by atoms with Gasteiger partial charge in [-0.1, -0.05) is 0 Å². The van der Waals surface area contributed by atoms with E-state index in [0.717, 1.165) is 4.47 Å². The maximum Gasteiger partial charge on any atom is 0.224 e. The number of aromatic nitrogens is 2. The summed E-state index contributed by atoms with van der Waals surface area (Å²) in [5.74, 6) is 1.21. The zero-order valence-corrected chi connectivity index (χ0v) is 9.67. The van der Waals surface area contributed by atoms with Crippen molar-refractivity contribution in [2.24, 2.45) is 0 Å². The van der Waals surface area contributed by atoms with Crippen molar-refractivity contribution in [3.8, 4) is 0 Å². The molecular formula is C8H13BrN4O. The summed E-state index contributed by atoms with van der Waals surface area (Å²) >= 11 is 3.31. The van der Waals surface area contributed by atoms with Crippen LogP contribution in [0.4, 0.5) is 11.8 Å². The second-order valence-electron chi connectivity index (χ2n) is 2.87. The molecule has 0 aliphatic carbocycles. The van der Waals surface area contributed by atoms with Crippen molar-refractivity contribution < 1.29 is 5.11 Å². The van der Waals surface area contributed by atoms with E-state index >= 15 is 0 Å². The number of hydrogen-bond donors (Lipinski definition) is 3. The molecule has 0 saturated carbocycles. The topological polar surface area (TPSA) is 70.1 Å². The van der Waals surface area contributed by atoms with Crippen LogP contribution in [0.15, 0.2) is 10.7 Å². The number of halogens is 1. The molecule has 0 fully saturated rings. The van der Waals surface area contributed by atoms with Crippen LogP contribution in [-0.2, 0) is 0 Å². The van der Waals surface area contributed by atoms with E-state index in [2.05, 4.69) is 36.5 Å². The van der Waals surface area contributed by atoms with Gasteiger partial charge in [0.25, 0.3) is 0 Å². The molecule has 1 aromatic heterocycles. The minimum absolute atomic E-state index is 0.416. The van der Waals surface area contributed by atoms with Gasteiger partial charge in [-0.3, -0.25) is 0 Å². The Labute approximate surface area is 91.1 Å². The van der Waals surface area contributed by atoms with Gasteiger partial charge in [-0.25, -0.2) is 4.98 Å². The predicted octanol–water partition coefficient (Wildman–Crippen LogP) is 1.07. The Morgan fingerprint density at radius 3 is 2.93 bits per heavy atom. The van der Waals surface area contributed by atoms with Crippen molar-refractivity contribution in [2.75, 3.05) is 24.2 Å². The molecule has 78 valence electrons. The molecule has 0 amide bonds. The van der Waals surface area contributed by atoms with Gasteiger partial charge in [0.1, 0.15) is 5.82 Å². The van der Waals surface area contributed by atoms with Crippen molar-refractivity contribution in [2.45, 2.75) is 13.0 Å². The molecule has 0 aliphatic rings.